The largest absolute Gasteiger partial charge is 0.320 e. The predicted molar refractivity (Wildman–Crippen MR) is 85.2 cm³/mol. The van der Waals surface area contributed by atoms with Crippen LogP contribution in [-0.4, -0.2) is 9.59 Å². The molecular weight excluding hydrogens is 266 g/mol. The molecule has 0 bridgehead atoms. The Morgan fingerprint density at radius 1 is 1.10 bits per heavy atom. The number of nitrogens with zero attached hydrogens (tertiary/aromatic N) is 2. The van der Waals surface area contributed by atoms with Gasteiger partial charge in [0.05, 0.1) is 16.6 Å². The van der Waals surface area contributed by atoms with Gasteiger partial charge in [-0.1, -0.05) is 63.4 Å². The van der Waals surface area contributed by atoms with Gasteiger partial charge in [0.15, 0.2) is 0 Å². The highest BCUT2D eigenvalue weighted by molar-refractivity contribution is 7.05. The van der Waals surface area contributed by atoms with Crippen molar-refractivity contribution in [2.24, 2.45) is 5.73 Å². The Kier molecular flexibility index (Phi) is 4.25. The van der Waals surface area contributed by atoms with E-state index in [4.69, 9.17) is 5.73 Å². The maximum absolute atomic E-state index is 6.39. The van der Waals surface area contributed by atoms with Crippen LogP contribution in [-0.2, 0) is 5.41 Å². The minimum absolute atomic E-state index is 0.138. The van der Waals surface area contributed by atoms with E-state index in [0.717, 1.165) is 16.1 Å². The number of hydrogen-bond acceptors (Lipinski definition) is 4. The molecule has 1 unspecified atom stereocenters. The number of aromatic nitrogens is 2. The zero-order valence-corrected chi connectivity index (χ0v) is 13.7. The molecule has 0 aliphatic carbocycles. The van der Waals surface area contributed by atoms with Crippen molar-refractivity contribution in [1.29, 1.82) is 0 Å². The van der Waals surface area contributed by atoms with E-state index in [-0.39, 0.29) is 11.5 Å². The number of nitrogens with two attached hydrogens (primary N) is 1. The lowest BCUT2D eigenvalue weighted by atomic mass is 9.86. The highest BCUT2D eigenvalue weighted by Gasteiger charge is 2.20. The molecule has 2 rings (SSSR count). The molecule has 0 spiro atoms. The van der Waals surface area contributed by atoms with Gasteiger partial charge in [-0.15, -0.1) is 5.10 Å². The van der Waals surface area contributed by atoms with Crippen molar-refractivity contribution in [2.45, 2.75) is 52.0 Å². The zero-order chi connectivity index (χ0) is 14.9. The molecule has 0 aliphatic rings. The number of rotatable bonds is 3. The lowest BCUT2D eigenvalue weighted by Crippen LogP contribution is -2.15. The topological polar surface area (TPSA) is 51.8 Å². The summed E-state index contributed by atoms with van der Waals surface area (Å²) in [5.41, 5.74) is 10.0. The zero-order valence-electron chi connectivity index (χ0n) is 12.8. The molecule has 1 aromatic heterocycles. The molecule has 2 aromatic rings. The maximum Gasteiger partial charge on any atom is 0.0832 e. The van der Waals surface area contributed by atoms with Crippen LogP contribution in [0, 0.1) is 0 Å². The standard InChI is InChI=1S/C16H23N3S/c1-10(2)14-15(20-19-18-14)13(17)11-6-8-12(9-7-11)16(3,4)5/h6-10,13H,17H2,1-5H3. The van der Waals surface area contributed by atoms with E-state index in [2.05, 4.69) is 68.5 Å². The third-order valence-electron chi connectivity index (χ3n) is 3.51. The fourth-order valence-corrected chi connectivity index (χ4v) is 3.00. The number of benzene rings is 1. The molecule has 1 heterocycles. The Morgan fingerprint density at radius 2 is 1.70 bits per heavy atom. The fourth-order valence-electron chi connectivity index (χ4n) is 2.16. The summed E-state index contributed by atoms with van der Waals surface area (Å²) in [5, 5.41) is 4.21. The van der Waals surface area contributed by atoms with Gasteiger partial charge in [-0.2, -0.15) is 0 Å². The normalized spacial score (nSPS) is 13.8. The van der Waals surface area contributed by atoms with E-state index in [0.29, 0.717) is 5.92 Å². The average Bonchev–Trinajstić information content (AvgIpc) is 2.86. The van der Waals surface area contributed by atoms with Crippen molar-refractivity contribution < 1.29 is 0 Å². The molecule has 0 saturated heterocycles. The van der Waals surface area contributed by atoms with E-state index in [9.17, 15) is 0 Å². The summed E-state index contributed by atoms with van der Waals surface area (Å²) in [6.45, 7) is 10.9. The summed E-state index contributed by atoms with van der Waals surface area (Å²) in [4.78, 5) is 1.07. The van der Waals surface area contributed by atoms with Crippen LogP contribution in [0.2, 0.25) is 0 Å². The van der Waals surface area contributed by atoms with Crippen LogP contribution in [0.3, 0.4) is 0 Å². The van der Waals surface area contributed by atoms with Gasteiger partial charge in [-0.05, 0) is 34.0 Å². The first-order chi connectivity index (χ1) is 9.30. The Balaban J connectivity index is 2.29. The second kappa shape index (κ2) is 5.62. The molecule has 108 valence electrons. The first kappa shape index (κ1) is 15.1. The lowest BCUT2D eigenvalue weighted by molar-refractivity contribution is 0.589. The predicted octanol–water partition coefficient (Wildman–Crippen LogP) is 4.01. The van der Waals surface area contributed by atoms with Crippen molar-refractivity contribution in [3.05, 3.63) is 46.0 Å². The summed E-state index contributed by atoms with van der Waals surface area (Å²) in [6.07, 6.45) is 0. The van der Waals surface area contributed by atoms with Crippen LogP contribution in [0.15, 0.2) is 24.3 Å². The molecule has 3 nitrogen and oxygen atoms in total. The molecule has 0 amide bonds. The second-order valence-electron chi connectivity index (χ2n) is 6.53. The lowest BCUT2D eigenvalue weighted by Gasteiger charge is -2.20. The van der Waals surface area contributed by atoms with Crippen LogP contribution in [0.4, 0.5) is 0 Å². The Morgan fingerprint density at radius 3 is 2.20 bits per heavy atom. The van der Waals surface area contributed by atoms with E-state index in [1.54, 1.807) is 0 Å². The van der Waals surface area contributed by atoms with Crippen LogP contribution < -0.4 is 5.73 Å². The maximum atomic E-state index is 6.39. The summed E-state index contributed by atoms with van der Waals surface area (Å²) >= 11 is 1.40. The van der Waals surface area contributed by atoms with E-state index in [1.807, 2.05) is 0 Å². The summed E-state index contributed by atoms with van der Waals surface area (Å²) < 4.78 is 4.06. The van der Waals surface area contributed by atoms with Crippen LogP contribution in [0.5, 0.6) is 0 Å². The van der Waals surface area contributed by atoms with Crippen LogP contribution in [0.1, 0.15) is 68.3 Å². The minimum Gasteiger partial charge on any atom is -0.320 e. The smallest absolute Gasteiger partial charge is 0.0832 e. The molecule has 0 saturated carbocycles. The summed E-state index contributed by atoms with van der Waals surface area (Å²) in [7, 11) is 0. The van der Waals surface area contributed by atoms with Crippen molar-refractivity contribution in [1.82, 2.24) is 9.59 Å². The SMILES string of the molecule is CC(C)c1nnsc1C(N)c1ccc(C(C)(C)C)cc1. The number of hydrogen-bond donors (Lipinski definition) is 1. The van der Waals surface area contributed by atoms with Crippen molar-refractivity contribution in [3.63, 3.8) is 0 Å². The van der Waals surface area contributed by atoms with Gasteiger partial charge in [0.2, 0.25) is 0 Å². The first-order valence-electron chi connectivity index (χ1n) is 6.99. The van der Waals surface area contributed by atoms with Crippen molar-refractivity contribution in [2.75, 3.05) is 0 Å². The summed E-state index contributed by atoms with van der Waals surface area (Å²) in [5.74, 6) is 0.351. The highest BCUT2D eigenvalue weighted by Crippen LogP contribution is 2.30. The molecule has 4 heteroatoms. The van der Waals surface area contributed by atoms with Gasteiger partial charge in [0.25, 0.3) is 0 Å². The van der Waals surface area contributed by atoms with Crippen molar-refractivity contribution >= 4 is 11.5 Å². The fraction of sp³-hybridized carbons (Fsp3) is 0.500. The minimum atomic E-state index is -0.138. The third-order valence-corrected chi connectivity index (χ3v) is 4.33. The molecule has 1 atom stereocenters. The molecule has 0 radical (unpaired) electrons. The van der Waals surface area contributed by atoms with Crippen LogP contribution >= 0.6 is 11.5 Å². The monoisotopic (exact) mass is 289 g/mol. The summed E-state index contributed by atoms with van der Waals surface area (Å²) in [6, 6.07) is 8.43. The van der Waals surface area contributed by atoms with Gasteiger partial charge in [0.1, 0.15) is 0 Å². The molecule has 0 aliphatic heterocycles. The molecule has 1 aromatic carbocycles. The van der Waals surface area contributed by atoms with E-state index >= 15 is 0 Å². The van der Waals surface area contributed by atoms with Gasteiger partial charge in [-0.25, -0.2) is 0 Å². The molecule has 2 N–H and O–H groups in total. The van der Waals surface area contributed by atoms with Gasteiger partial charge >= 0.3 is 0 Å². The van der Waals surface area contributed by atoms with Gasteiger partial charge in [-0.3, -0.25) is 0 Å². The Bertz CT molecular complexity index is 564. The van der Waals surface area contributed by atoms with Gasteiger partial charge in [0, 0.05) is 0 Å². The Hall–Kier alpha value is -1.26. The average molecular weight is 289 g/mol. The molecule has 0 fully saturated rings. The van der Waals surface area contributed by atoms with E-state index in [1.165, 1.54) is 17.1 Å². The van der Waals surface area contributed by atoms with E-state index < -0.39 is 0 Å². The third kappa shape index (κ3) is 3.07. The first-order valence-corrected chi connectivity index (χ1v) is 7.76. The molecule has 20 heavy (non-hydrogen) atoms. The Labute approximate surface area is 125 Å². The van der Waals surface area contributed by atoms with Crippen LogP contribution in [0.25, 0.3) is 0 Å². The quantitative estimate of drug-likeness (QED) is 0.929. The van der Waals surface area contributed by atoms with Gasteiger partial charge < -0.3 is 5.73 Å². The van der Waals surface area contributed by atoms with Crippen molar-refractivity contribution in [3.8, 4) is 0 Å². The highest BCUT2D eigenvalue weighted by atomic mass is 32.1. The second-order valence-corrected chi connectivity index (χ2v) is 7.31. The molecular formula is C16H23N3S.